The average molecular weight is 616 g/mol. The summed E-state index contributed by atoms with van der Waals surface area (Å²) < 4.78 is 1.41. The summed E-state index contributed by atoms with van der Waals surface area (Å²) in [6.45, 7) is 5.34. The predicted octanol–water partition coefficient (Wildman–Crippen LogP) is -0.297. The van der Waals surface area contributed by atoms with Crippen LogP contribution in [-0.2, 0) is 25.7 Å². The number of nitrogens with one attached hydrogen (secondary N) is 2. The minimum atomic E-state index is -1.15. The number of tetrazole rings is 1. The molecule has 7 atom stereocenters. The number of carboxylic acids is 1. The Morgan fingerprint density at radius 3 is 2.86 bits per heavy atom. The number of carboxylic acid groups (broad SMARTS) is 1. The molecule has 6 heterocycles. The molecule has 2 aromatic rings. The lowest BCUT2D eigenvalue weighted by atomic mass is 9.78. The van der Waals surface area contributed by atoms with Crippen molar-refractivity contribution in [2.24, 2.45) is 17.6 Å². The molecule has 5 N–H and O–H groups in total. The minimum Gasteiger partial charge on any atom is -0.477 e. The lowest BCUT2D eigenvalue weighted by Gasteiger charge is -2.47. The molecule has 4 aliphatic heterocycles. The summed E-state index contributed by atoms with van der Waals surface area (Å²) in [5.74, 6) is -2.12. The fourth-order valence-electron chi connectivity index (χ4n) is 6.48. The molecular formula is C26H33N9O5S2. The van der Waals surface area contributed by atoms with Crippen LogP contribution in [0, 0.1) is 11.8 Å². The van der Waals surface area contributed by atoms with Crippen LogP contribution in [0.5, 0.6) is 0 Å². The van der Waals surface area contributed by atoms with Crippen LogP contribution >= 0.6 is 23.1 Å². The van der Waals surface area contributed by atoms with E-state index in [0.717, 1.165) is 11.3 Å². The number of β-lactam (4-membered cyclic amide) rings is 1. The number of rotatable bonds is 9. The van der Waals surface area contributed by atoms with Gasteiger partial charge in [-0.05, 0) is 41.6 Å². The third-order valence-corrected chi connectivity index (χ3v) is 10.9. The number of aliphatic carboxylic acids is 1. The van der Waals surface area contributed by atoms with Crippen LogP contribution < -0.4 is 16.4 Å². The maximum absolute atomic E-state index is 13.3. The van der Waals surface area contributed by atoms with Crippen molar-refractivity contribution in [1.29, 1.82) is 0 Å². The summed E-state index contributed by atoms with van der Waals surface area (Å²) in [7, 11) is 0. The lowest BCUT2D eigenvalue weighted by molar-refractivity contribution is -0.158. The van der Waals surface area contributed by atoms with E-state index in [1.54, 1.807) is 11.8 Å². The molecular weight excluding hydrogens is 582 g/mol. The number of aromatic nitrogens is 4. The number of thiophene rings is 1. The van der Waals surface area contributed by atoms with Gasteiger partial charge in [0, 0.05) is 47.8 Å². The van der Waals surface area contributed by atoms with Crippen molar-refractivity contribution in [2.75, 3.05) is 19.6 Å². The van der Waals surface area contributed by atoms with Gasteiger partial charge in [-0.1, -0.05) is 13.0 Å². The normalized spacial score (nSPS) is 29.5. The molecule has 0 bridgehead atoms. The second-order valence-electron chi connectivity index (χ2n) is 11.3. The first-order valence-corrected chi connectivity index (χ1v) is 15.7. The highest BCUT2D eigenvalue weighted by Gasteiger charge is 2.60. The molecule has 6 rings (SSSR count). The Hall–Kier alpha value is -3.34. The first-order chi connectivity index (χ1) is 20.1. The first kappa shape index (κ1) is 28.8. The number of likely N-dealkylation sites (tertiary alicyclic amines) is 1. The van der Waals surface area contributed by atoms with Gasteiger partial charge in [0.25, 0.3) is 0 Å². The maximum atomic E-state index is 13.3. The molecule has 0 spiro atoms. The molecule has 2 aromatic heterocycles. The van der Waals surface area contributed by atoms with Crippen molar-refractivity contribution in [3.8, 4) is 10.7 Å². The smallest absolute Gasteiger partial charge is 0.353 e. The Balaban J connectivity index is 1.09. The first-order valence-electron chi connectivity index (χ1n) is 14.0. The number of carbonyl (C=O) groups excluding carboxylic acids is 3. The highest BCUT2D eigenvalue weighted by Crippen LogP contribution is 2.51. The largest absolute Gasteiger partial charge is 0.477 e. The summed E-state index contributed by atoms with van der Waals surface area (Å²) in [5, 5.41) is 29.8. The van der Waals surface area contributed by atoms with Crippen LogP contribution in [0.4, 0.5) is 0 Å². The van der Waals surface area contributed by atoms with E-state index in [9.17, 15) is 24.3 Å². The van der Waals surface area contributed by atoms with Gasteiger partial charge in [0.1, 0.15) is 12.2 Å². The molecule has 0 aliphatic carbocycles. The summed E-state index contributed by atoms with van der Waals surface area (Å²) in [6, 6.07) is 2.50. The molecule has 42 heavy (non-hydrogen) atoms. The van der Waals surface area contributed by atoms with E-state index in [1.165, 1.54) is 32.7 Å². The minimum absolute atomic E-state index is 0.00634. The van der Waals surface area contributed by atoms with Crippen LogP contribution in [-0.4, -0.2) is 108 Å². The molecule has 3 saturated heterocycles. The van der Waals surface area contributed by atoms with Crippen LogP contribution in [0.15, 0.2) is 28.1 Å². The van der Waals surface area contributed by atoms with E-state index in [2.05, 4.69) is 26.2 Å². The lowest BCUT2D eigenvalue weighted by Crippen LogP contribution is -2.66. The zero-order chi connectivity index (χ0) is 29.7. The van der Waals surface area contributed by atoms with Crippen molar-refractivity contribution >= 4 is 46.8 Å². The van der Waals surface area contributed by atoms with Crippen molar-refractivity contribution in [2.45, 2.75) is 62.7 Å². The summed E-state index contributed by atoms with van der Waals surface area (Å²) >= 11 is 2.90. The number of nitrogens with two attached hydrogens (primary N) is 1. The van der Waals surface area contributed by atoms with Crippen LogP contribution in [0.3, 0.4) is 0 Å². The number of carbonyl (C=O) groups is 4. The molecule has 224 valence electrons. The van der Waals surface area contributed by atoms with Gasteiger partial charge >= 0.3 is 5.97 Å². The van der Waals surface area contributed by atoms with E-state index < -0.39 is 17.9 Å². The Kier molecular flexibility index (Phi) is 7.80. The summed E-state index contributed by atoms with van der Waals surface area (Å²) in [6.07, 6.45) is 1.36. The van der Waals surface area contributed by atoms with E-state index in [1.807, 2.05) is 24.4 Å². The van der Waals surface area contributed by atoms with E-state index in [-0.39, 0.29) is 59.3 Å². The molecule has 3 fully saturated rings. The number of hydrogen-bond donors (Lipinski definition) is 4. The molecule has 1 unspecified atom stereocenters. The van der Waals surface area contributed by atoms with Gasteiger partial charge in [-0.3, -0.25) is 14.4 Å². The maximum Gasteiger partial charge on any atom is 0.353 e. The fourth-order valence-corrected chi connectivity index (χ4v) is 8.68. The van der Waals surface area contributed by atoms with Gasteiger partial charge < -0.3 is 31.3 Å². The zero-order valence-electron chi connectivity index (χ0n) is 23.2. The third kappa shape index (κ3) is 5.09. The van der Waals surface area contributed by atoms with E-state index >= 15 is 0 Å². The molecule has 0 saturated carbocycles. The number of thioether (sulfide) groups is 1. The van der Waals surface area contributed by atoms with Gasteiger partial charge in [-0.15, -0.1) is 28.2 Å². The predicted molar refractivity (Wildman–Crippen MR) is 154 cm³/mol. The van der Waals surface area contributed by atoms with Gasteiger partial charge in [-0.25, -0.2) is 9.48 Å². The molecule has 4 aliphatic rings. The van der Waals surface area contributed by atoms with Crippen LogP contribution in [0.1, 0.15) is 26.7 Å². The fraction of sp³-hybridized carbons (Fsp3) is 0.577. The monoisotopic (exact) mass is 615 g/mol. The summed E-state index contributed by atoms with van der Waals surface area (Å²) in [4.78, 5) is 56.2. The Morgan fingerprint density at radius 1 is 1.36 bits per heavy atom. The Labute approximate surface area is 250 Å². The molecule has 0 radical (unpaired) electrons. The third-order valence-electron chi connectivity index (χ3n) is 8.50. The van der Waals surface area contributed by atoms with E-state index in [4.69, 9.17) is 5.73 Å². The van der Waals surface area contributed by atoms with Gasteiger partial charge in [0.15, 0.2) is 5.82 Å². The average Bonchev–Trinajstić information content (AvgIpc) is 3.76. The topological polar surface area (TPSA) is 189 Å². The van der Waals surface area contributed by atoms with Gasteiger partial charge in [-0.2, -0.15) is 0 Å². The summed E-state index contributed by atoms with van der Waals surface area (Å²) in [5.41, 5.74) is 5.98. The standard InChI is InChI=1S/C26H33N9O5S2/c1-12-20-19(13(2)29-18(36)11-34-23(30-31-32-34)17-4-3-7-41-17)25(38)35(20)21(26(39)40)22(12)42-15-8-16(28-9-15)24(37)33-6-5-14(27)10-33/h3-4,7,12-16,19-20,28H,5-6,8-11,27H2,1-2H3,(H,29,36)(H,39,40)/t12-,13-,14-,15+,16?,19-,20-/m1/s1. The number of hydrogen-bond acceptors (Lipinski definition) is 11. The number of fused-ring (bicyclic) bond motifs is 1. The van der Waals surface area contributed by atoms with Crippen molar-refractivity contribution in [3.05, 3.63) is 28.1 Å². The Bertz CT molecular complexity index is 1430. The Morgan fingerprint density at radius 2 is 2.17 bits per heavy atom. The number of amides is 3. The van der Waals surface area contributed by atoms with Crippen molar-refractivity contribution < 1.29 is 24.3 Å². The molecule has 3 amide bonds. The zero-order valence-corrected chi connectivity index (χ0v) is 24.8. The second kappa shape index (κ2) is 11.4. The van der Waals surface area contributed by atoms with Crippen LogP contribution in [0.25, 0.3) is 10.7 Å². The number of nitrogens with zero attached hydrogens (tertiary/aromatic N) is 6. The molecule has 16 heteroatoms. The highest BCUT2D eigenvalue weighted by molar-refractivity contribution is 8.03. The van der Waals surface area contributed by atoms with Crippen LogP contribution in [0.2, 0.25) is 0 Å². The van der Waals surface area contributed by atoms with Crippen molar-refractivity contribution in [1.82, 2.24) is 40.6 Å². The SMILES string of the molecule is C[C@@H](NC(=O)Cn1nnnc1-c1cccs1)[C@H]1C(=O)N2C(C(=O)O)=C(S[C@@H]3CNC(C(=O)N4CC[C@@H](N)C4)C3)[C@H](C)[C@H]12. The molecule has 14 nitrogen and oxygen atoms in total. The second-order valence-corrected chi connectivity index (χ2v) is 13.6. The van der Waals surface area contributed by atoms with E-state index in [0.29, 0.717) is 36.8 Å². The van der Waals surface area contributed by atoms with Gasteiger partial charge in [0.05, 0.1) is 22.9 Å². The quantitative estimate of drug-likeness (QED) is 0.271. The van der Waals surface area contributed by atoms with Gasteiger partial charge in [0.2, 0.25) is 17.7 Å². The van der Waals surface area contributed by atoms with Crippen molar-refractivity contribution in [3.63, 3.8) is 0 Å². The highest BCUT2D eigenvalue weighted by atomic mass is 32.2. The molecule has 0 aromatic carbocycles.